The van der Waals surface area contributed by atoms with Crippen molar-refractivity contribution in [3.05, 3.63) is 72.8 Å². The van der Waals surface area contributed by atoms with E-state index < -0.39 is 10.0 Å². The summed E-state index contributed by atoms with van der Waals surface area (Å²) in [7, 11) is -3.91. The van der Waals surface area contributed by atoms with Gasteiger partial charge in [-0.3, -0.25) is 0 Å². The Labute approximate surface area is 225 Å². The fourth-order valence-electron chi connectivity index (χ4n) is 4.02. The molecular weight excluding hydrogens is 522 g/mol. The molecule has 1 aromatic carbocycles. The number of rotatable bonds is 13. The predicted octanol–water partition coefficient (Wildman–Crippen LogP) is 2.68. The first-order valence-corrected chi connectivity index (χ1v) is 14.0. The van der Waals surface area contributed by atoms with Crippen molar-refractivity contribution in [1.82, 2.24) is 33.7 Å². The summed E-state index contributed by atoms with van der Waals surface area (Å²) in [4.78, 5) is 17.6. The van der Waals surface area contributed by atoms with Crippen molar-refractivity contribution in [2.24, 2.45) is 0 Å². The summed E-state index contributed by atoms with van der Waals surface area (Å²) < 4.78 is 33.1. The highest BCUT2D eigenvalue weighted by atomic mass is 32.2. The molecule has 0 bridgehead atoms. The number of imidazole rings is 1. The van der Waals surface area contributed by atoms with Crippen LogP contribution in [0.2, 0.25) is 0 Å². The van der Waals surface area contributed by atoms with Crippen LogP contribution in [-0.4, -0.2) is 59.9 Å². The molecule has 0 saturated heterocycles. The number of benzene rings is 1. The summed E-state index contributed by atoms with van der Waals surface area (Å²) in [6.07, 6.45) is 7.38. The van der Waals surface area contributed by atoms with E-state index in [1.807, 2.05) is 41.8 Å². The van der Waals surface area contributed by atoms with E-state index in [1.165, 1.54) is 12.3 Å². The molecule has 0 fully saturated rings. The maximum absolute atomic E-state index is 12.6. The van der Waals surface area contributed by atoms with E-state index in [1.54, 1.807) is 6.33 Å². The van der Waals surface area contributed by atoms with E-state index in [0.29, 0.717) is 55.3 Å². The minimum Gasteiger partial charge on any atom is -0.451 e. The number of aliphatic hydroxyl groups is 1. The highest BCUT2D eigenvalue weighted by Crippen LogP contribution is 2.23. The molecule has 4 aromatic heterocycles. The Balaban J connectivity index is 1.32. The van der Waals surface area contributed by atoms with E-state index in [-0.39, 0.29) is 17.7 Å². The average molecular weight is 552 g/mol. The lowest BCUT2D eigenvalue weighted by molar-refractivity contribution is 0.271. The molecule has 0 aliphatic rings. The number of furan rings is 1. The van der Waals surface area contributed by atoms with Crippen molar-refractivity contribution in [1.29, 1.82) is 0 Å². The molecule has 0 amide bonds. The molecule has 0 radical (unpaired) electrons. The molecule has 0 unspecified atom stereocenters. The standard InChI is InChI=1S/C25H29N9O4S/c1-2-20(13-35)30-25-31-23(27-12-18-7-4-3-5-8-18)22-24(32-25)33(17-28-22)10-6-9-19-11-21(38-14-19)39(36,37)34-16-26-15-29-34/h3-5,7-8,11,14-17,20,35H,2,6,9-10,12-13H2,1H3,(H2,27,30,31,32)/t20-/m1/s1. The summed E-state index contributed by atoms with van der Waals surface area (Å²) in [6.45, 7) is 3.09. The molecule has 5 aromatic rings. The molecule has 204 valence electrons. The van der Waals surface area contributed by atoms with Gasteiger partial charge >= 0.3 is 10.0 Å². The first-order valence-electron chi connectivity index (χ1n) is 12.5. The summed E-state index contributed by atoms with van der Waals surface area (Å²) in [5.41, 5.74) is 3.13. The topological polar surface area (TPSA) is 166 Å². The Kier molecular flexibility index (Phi) is 7.84. The van der Waals surface area contributed by atoms with Gasteiger partial charge in [-0.2, -0.15) is 18.4 Å². The maximum atomic E-state index is 12.6. The molecule has 3 N–H and O–H groups in total. The van der Waals surface area contributed by atoms with Gasteiger partial charge in [0.1, 0.15) is 12.7 Å². The SMILES string of the molecule is CC[C@H](CO)Nc1nc(NCc2ccccc2)c2ncn(CCCc3coc(S(=O)(=O)n4cncn4)c3)c2n1. The highest BCUT2D eigenvalue weighted by molar-refractivity contribution is 7.89. The molecule has 0 aliphatic carbocycles. The van der Waals surface area contributed by atoms with Gasteiger partial charge in [0.05, 0.1) is 25.2 Å². The number of nitrogens with one attached hydrogen (secondary N) is 2. The highest BCUT2D eigenvalue weighted by Gasteiger charge is 2.22. The van der Waals surface area contributed by atoms with Crippen molar-refractivity contribution >= 4 is 33.0 Å². The number of fused-ring (bicyclic) bond motifs is 1. The molecule has 1 atom stereocenters. The smallest absolute Gasteiger partial charge is 0.317 e. The predicted molar refractivity (Wildman–Crippen MR) is 144 cm³/mol. The van der Waals surface area contributed by atoms with Crippen LogP contribution in [0.5, 0.6) is 0 Å². The van der Waals surface area contributed by atoms with E-state index in [4.69, 9.17) is 9.40 Å². The van der Waals surface area contributed by atoms with Gasteiger partial charge < -0.3 is 24.7 Å². The van der Waals surface area contributed by atoms with Crippen LogP contribution in [0.3, 0.4) is 0 Å². The first-order chi connectivity index (χ1) is 19.0. The lowest BCUT2D eigenvalue weighted by Gasteiger charge is -2.15. The normalized spacial score (nSPS) is 12.6. The summed E-state index contributed by atoms with van der Waals surface area (Å²) in [5, 5.41) is 19.7. The largest absolute Gasteiger partial charge is 0.451 e. The van der Waals surface area contributed by atoms with Crippen molar-refractivity contribution in [3.8, 4) is 0 Å². The number of hydrogen-bond donors (Lipinski definition) is 3. The van der Waals surface area contributed by atoms with Crippen molar-refractivity contribution < 1.29 is 17.9 Å². The molecule has 14 heteroatoms. The molecular formula is C25H29N9O4S. The minimum absolute atomic E-state index is 0.0384. The van der Waals surface area contributed by atoms with Crippen LogP contribution >= 0.6 is 0 Å². The van der Waals surface area contributed by atoms with Crippen LogP contribution in [0.15, 0.2) is 71.2 Å². The van der Waals surface area contributed by atoms with E-state index in [0.717, 1.165) is 27.9 Å². The number of nitrogens with zero attached hydrogens (tertiary/aromatic N) is 7. The molecule has 0 aliphatic heterocycles. The molecule has 0 spiro atoms. The number of anilines is 2. The molecule has 5 rings (SSSR count). The number of aliphatic hydroxyl groups excluding tert-OH is 1. The van der Waals surface area contributed by atoms with E-state index in [9.17, 15) is 13.5 Å². The Morgan fingerprint density at radius 2 is 1.97 bits per heavy atom. The fourth-order valence-corrected chi connectivity index (χ4v) is 5.02. The monoisotopic (exact) mass is 551 g/mol. The van der Waals surface area contributed by atoms with Crippen molar-refractivity contribution in [2.75, 3.05) is 17.2 Å². The minimum atomic E-state index is -3.91. The molecule has 13 nitrogen and oxygen atoms in total. The van der Waals surface area contributed by atoms with Gasteiger partial charge in [0.2, 0.25) is 11.0 Å². The van der Waals surface area contributed by atoms with E-state index in [2.05, 4.69) is 30.7 Å². The van der Waals surface area contributed by atoms with Gasteiger partial charge in [-0.15, -0.1) is 9.19 Å². The third kappa shape index (κ3) is 5.91. The zero-order valence-corrected chi connectivity index (χ0v) is 22.1. The Morgan fingerprint density at radius 1 is 1.13 bits per heavy atom. The summed E-state index contributed by atoms with van der Waals surface area (Å²) in [6, 6.07) is 11.3. The van der Waals surface area contributed by atoms with Gasteiger partial charge in [-0.1, -0.05) is 37.3 Å². The Morgan fingerprint density at radius 3 is 2.72 bits per heavy atom. The first kappa shape index (κ1) is 26.3. The lowest BCUT2D eigenvalue weighted by atomic mass is 10.2. The quantitative estimate of drug-likeness (QED) is 0.197. The summed E-state index contributed by atoms with van der Waals surface area (Å²) >= 11 is 0. The van der Waals surface area contributed by atoms with Crippen LogP contribution in [0.4, 0.5) is 11.8 Å². The third-order valence-corrected chi connectivity index (χ3v) is 7.61. The van der Waals surface area contributed by atoms with Crippen LogP contribution in [0.1, 0.15) is 30.9 Å². The van der Waals surface area contributed by atoms with Gasteiger partial charge in [0, 0.05) is 19.2 Å². The number of hydrogen-bond acceptors (Lipinski definition) is 11. The number of aromatic nitrogens is 7. The van der Waals surface area contributed by atoms with Crippen molar-refractivity contribution in [3.63, 3.8) is 0 Å². The van der Waals surface area contributed by atoms with Gasteiger partial charge in [-0.05, 0) is 30.4 Å². The maximum Gasteiger partial charge on any atom is 0.317 e. The van der Waals surface area contributed by atoms with Gasteiger partial charge in [0.15, 0.2) is 17.0 Å². The van der Waals surface area contributed by atoms with Gasteiger partial charge in [0.25, 0.3) is 0 Å². The summed E-state index contributed by atoms with van der Waals surface area (Å²) in [5.74, 6) is 0.995. The van der Waals surface area contributed by atoms with Crippen LogP contribution in [0, 0.1) is 0 Å². The molecule has 39 heavy (non-hydrogen) atoms. The zero-order chi connectivity index (χ0) is 27.2. The average Bonchev–Trinajstić information content (AvgIpc) is 3.73. The molecule has 0 saturated carbocycles. The second-order valence-electron chi connectivity index (χ2n) is 8.93. The van der Waals surface area contributed by atoms with Crippen LogP contribution < -0.4 is 10.6 Å². The van der Waals surface area contributed by atoms with Gasteiger partial charge in [-0.25, -0.2) is 9.97 Å². The lowest BCUT2D eigenvalue weighted by Crippen LogP contribution is -2.24. The number of aryl methyl sites for hydroxylation is 2. The third-order valence-electron chi connectivity index (χ3n) is 6.21. The van der Waals surface area contributed by atoms with Crippen molar-refractivity contribution in [2.45, 2.75) is 50.4 Å². The second kappa shape index (κ2) is 11.6. The zero-order valence-electron chi connectivity index (χ0n) is 21.3. The second-order valence-corrected chi connectivity index (χ2v) is 10.7. The Bertz CT molecular complexity index is 1610. The van der Waals surface area contributed by atoms with Crippen LogP contribution in [0.25, 0.3) is 11.2 Å². The Hall–Kier alpha value is -4.30. The fraction of sp³-hybridized carbons (Fsp3) is 0.320. The van der Waals surface area contributed by atoms with Crippen LogP contribution in [-0.2, 0) is 29.5 Å². The van der Waals surface area contributed by atoms with E-state index >= 15 is 0 Å². The molecule has 4 heterocycles.